The van der Waals surface area contributed by atoms with E-state index in [-0.39, 0.29) is 0 Å². The van der Waals surface area contributed by atoms with E-state index in [4.69, 9.17) is 0 Å². The monoisotopic (exact) mass is 209 g/mol. The van der Waals surface area contributed by atoms with Gasteiger partial charge in [-0.3, -0.25) is 0 Å². The van der Waals surface area contributed by atoms with Gasteiger partial charge in [0.2, 0.25) is 0 Å². The SMILES string of the molecule is Cn1ccc2nc(-c3ccccc3)nc-2c1. The van der Waals surface area contributed by atoms with Crippen molar-refractivity contribution in [2.24, 2.45) is 7.05 Å². The minimum atomic E-state index is 0.793. The minimum Gasteiger partial charge on any atom is -0.355 e. The number of fused-ring (bicyclic) bond motifs is 1. The molecule has 3 nitrogen and oxygen atoms in total. The molecule has 0 spiro atoms. The summed E-state index contributed by atoms with van der Waals surface area (Å²) >= 11 is 0. The molecule has 1 aromatic rings. The Kier molecular flexibility index (Phi) is 1.96. The highest BCUT2D eigenvalue weighted by atomic mass is 15.0. The van der Waals surface area contributed by atoms with Crippen LogP contribution in [0.1, 0.15) is 0 Å². The van der Waals surface area contributed by atoms with Crippen LogP contribution in [0.2, 0.25) is 0 Å². The summed E-state index contributed by atoms with van der Waals surface area (Å²) in [5.74, 6) is 0.793. The van der Waals surface area contributed by atoms with Crippen LogP contribution in [0.3, 0.4) is 0 Å². The summed E-state index contributed by atoms with van der Waals surface area (Å²) in [5.41, 5.74) is 2.93. The molecule has 3 rings (SSSR count). The van der Waals surface area contributed by atoms with E-state index in [2.05, 4.69) is 9.97 Å². The van der Waals surface area contributed by atoms with Crippen molar-refractivity contribution in [1.29, 1.82) is 0 Å². The van der Waals surface area contributed by atoms with Gasteiger partial charge < -0.3 is 4.57 Å². The number of benzene rings is 1. The standard InChI is InChI=1S/C13H11N3/c1-16-8-7-11-12(9-16)15-13(14-11)10-5-3-2-4-6-10/h2-9H,1H3. The van der Waals surface area contributed by atoms with E-state index in [1.807, 2.05) is 60.4 Å². The van der Waals surface area contributed by atoms with Crippen LogP contribution in [0.15, 0.2) is 48.8 Å². The zero-order valence-electron chi connectivity index (χ0n) is 8.96. The molecule has 2 heterocycles. The molecule has 0 aliphatic carbocycles. The zero-order valence-corrected chi connectivity index (χ0v) is 8.96. The molecular formula is C13H11N3. The van der Waals surface area contributed by atoms with Crippen LogP contribution in [0.5, 0.6) is 0 Å². The van der Waals surface area contributed by atoms with Gasteiger partial charge in [0.15, 0.2) is 5.82 Å². The zero-order chi connectivity index (χ0) is 11.0. The molecule has 1 aromatic carbocycles. The van der Waals surface area contributed by atoms with Crippen LogP contribution >= 0.6 is 0 Å². The summed E-state index contributed by atoms with van der Waals surface area (Å²) in [6, 6.07) is 12.0. The quantitative estimate of drug-likeness (QED) is 0.616. The Morgan fingerprint density at radius 1 is 0.938 bits per heavy atom. The van der Waals surface area contributed by atoms with Crippen LogP contribution in [-0.2, 0) is 7.05 Å². The van der Waals surface area contributed by atoms with Gasteiger partial charge >= 0.3 is 0 Å². The highest BCUT2D eigenvalue weighted by Gasteiger charge is 2.11. The fourth-order valence-corrected chi connectivity index (χ4v) is 1.73. The second-order valence-corrected chi connectivity index (χ2v) is 3.79. The molecule has 0 atom stereocenters. The molecular weight excluding hydrogens is 198 g/mol. The average molecular weight is 209 g/mol. The van der Waals surface area contributed by atoms with Crippen molar-refractivity contribution in [2.75, 3.05) is 0 Å². The Hall–Kier alpha value is -2.16. The fourth-order valence-electron chi connectivity index (χ4n) is 1.73. The molecule has 2 aliphatic rings. The Morgan fingerprint density at radius 2 is 1.69 bits per heavy atom. The number of nitrogens with zero attached hydrogens (tertiary/aromatic N) is 3. The van der Waals surface area contributed by atoms with Crippen LogP contribution in [-0.4, -0.2) is 14.5 Å². The second-order valence-electron chi connectivity index (χ2n) is 3.79. The molecule has 3 heteroatoms. The van der Waals surface area contributed by atoms with Crippen LogP contribution < -0.4 is 0 Å². The maximum Gasteiger partial charge on any atom is 0.160 e. The molecule has 0 saturated carbocycles. The molecule has 0 fully saturated rings. The highest BCUT2D eigenvalue weighted by molar-refractivity contribution is 5.65. The van der Waals surface area contributed by atoms with Crippen LogP contribution in [0.4, 0.5) is 0 Å². The average Bonchev–Trinajstić information content (AvgIpc) is 2.73. The number of aromatic nitrogens is 3. The van der Waals surface area contributed by atoms with Crippen molar-refractivity contribution < 1.29 is 0 Å². The topological polar surface area (TPSA) is 30.7 Å². The lowest BCUT2D eigenvalue weighted by Gasteiger charge is -1.98. The van der Waals surface area contributed by atoms with Gasteiger partial charge in [-0.25, -0.2) is 9.97 Å². The third kappa shape index (κ3) is 1.46. The van der Waals surface area contributed by atoms with Gasteiger partial charge in [0.25, 0.3) is 0 Å². The number of rotatable bonds is 1. The van der Waals surface area contributed by atoms with Gasteiger partial charge in [0.1, 0.15) is 5.69 Å². The number of hydrogen-bond donors (Lipinski definition) is 0. The number of pyridine rings is 1. The van der Waals surface area contributed by atoms with Gasteiger partial charge in [0.05, 0.1) is 5.69 Å². The van der Waals surface area contributed by atoms with Crippen LogP contribution in [0.25, 0.3) is 22.8 Å². The normalized spacial score (nSPS) is 10.8. The van der Waals surface area contributed by atoms with Gasteiger partial charge in [-0.2, -0.15) is 0 Å². The van der Waals surface area contributed by atoms with Crippen LogP contribution in [0, 0.1) is 0 Å². The molecule has 0 N–H and O–H groups in total. The molecule has 0 amide bonds. The predicted molar refractivity (Wildman–Crippen MR) is 63.1 cm³/mol. The van der Waals surface area contributed by atoms with Gasteiger partial charge in [-0.15, -0.1) is 0 Å². The molecule has 16 heavy (non-hydrogen) atoms. The molecule has 0 saturated heterocycles. The van der Waals surface area contributed by atoms with Crippen molar-refractivity contribution in [3.63, 3.8) is 0 Å². The highest BCUT2D eigenvalue weighted by Crippen LogP contribution is 2.23. The summed E-state index contributed by atoms with van der Waals surface area (Å²) in [7, 11) is 1.98. The first-order chi connectivity index (χ1) is 7.83. The first kappa shape index (κ1) is 9.09. The summed E-state index contributed by atoms with van der Waals surface area (Å²) in [5, 5.41) is 0. The second kappa shape index (κ2) is 3.45. The molecule has 0 bridgehead atoms. The van der Waals surface area contributed by atoms with Crippen molar-refractivity contribution >= 4 is 0 Å². The van der Waals surface area contributed by atoms with E-state index in [1.54, 1.807) is 0 Å². The first-order valence-electron chi connectivity index (χ1n) is 5.18. The summed E-state index contributed by atoms with van der Waals surface area (Å²) in [6.45, 7) is 0. The lowest BCUT2D eigenvalue weighted by Crippen LogP contribution is -1.90. The third-order valence-electron chi connectivity index (χ3n) is 2.54. The smallest absolute Gasteiger partial charge is 0.160 e. The lowest BCUT2D eigenvalue weighted by molar-refractivity contribution is 0.901. The maximum absolute atomic E-state index is 4.51. The maximum atomic E-state index is 4.51. The molecule has 0 aromatic heterocycles. The number of hydrogen-bond acceptors (Lipinski definition) is 2. The summed E-state index contributed by atoms with van der Waals surface area (Å²) in [6.07, 6.45) is 3.96. The third-order valence-corrected chi connectivity index (χ3v) is 2.54. The van der Waals surface area contributed by atoms with E-state index in [0.29, 0.717) is 0 Å². The summed E-state index contributed by atoms with van der Waals surface area (Å²) in [4.78, 5) is 9.01. The Morgan fingerprint density at radius 3 is 2.50 bits per heavy atom. The van der Waals surface area contributed by atoms with E-state index in [9.17, 15) is 0 Å². The van der Waals surface area contributed by atoms with E-state index in [0.717, 1.165) is 22.8 Å². The Balaban J connectivity index is 2.17. The molecule has 2 aliphatic heterocycles. The molecule has 78 valence electrons. The number of imidazole rings is 1. The minimum absolute atomic E-state index is 0.793. The number of aryl methyl sites for hydroxylation is 1. The van der Waals surface area contributed by atoms with E-state index in [1.165, 1.54) is 0 Å². The Bertz CT molecular complexity index is 584. The largest absolute Gasteiger partial charge is 0.355 e. The van der Waals surface area contributed by atoms with Gasteiger partial charge in [-0.1, -0.05) is 30.3 Å². The van der Waals surface area contributed by atoms with Gasteiger partial charge in [-0.05, 0) is 6.07 Å². The Labute approximate surface area is 93.7 Å². The van der Waals surface area contributed by atoms with Crippen molar-refractivity contribution in [1.82, 2.24) is 14.5 Å². The molecule has 0 radical (unpaired) electrons. The van der Waals surface area contributed by atoms with E-state index < -0.39 is 0 Å². The van der Waals surface area contributed by atoms with Crippen molar-refractivity contribution in [2.45, 2.75) is 0 Å². The van der Waals surface area contributed by atoms with Crippen molar-refractivity contribution in [3.05, 3.63) is 48.8 Å². The lowest BCUT2D eigenvalue weighted by atomic mass is 10.2. The van der Waals surface area contributed by atoms with Gasteiger partial charge in [0, 0.05) is 25.0 Å². The fraction of sp³-hybridized carbons (Fsp3) is 0.0769. The van der Waals surface area contributed by atoms with E-state index >= 15 is 0 Å². The predicted octanol–water partition coefficient (Wildman–Crippen LogP) is 2.59. The van der Waals surface area contributed by atoms with Crippen molar-refractivity contribution in [3.8, 4) is 22.8 Å². The molecule has 0 unspecified atom stereocenters. The first-order valence-corrected chi connectivity index (χ1v) is 5.18. The summed E-state index contributed by atoms with van der Waals surface area (Å²) < 4.78 is 1.98.